The summed E-state index contributed by atoms with van der Waals surface area (Å²) >= 11 is 3.13. The molecule has 2 aromatic rings. The molecular formula is C13H12BrFN4O3. The summed E-state index contributed by atoms with van der Waals surface area (Å²) in [6.07, 6.45) is 1.29. The highest BCUT2D eigenvalue weighted by atomic mass is 79.9. The number of amides is 1. The van der Waals surface area contributed by atoms with Gasteiger partial charge in [-0.05, 0) is 25.1 Å². The molecule has 0 atom stereocenters. The number of hydrogen-bond donors (Lipinski definition) is 1. The minimum Gasteiger partial charge on any atom is -0.324 e. The van der Waals surface area contributed by atoms with Crippen LogP contribution in [-0.4, -0.2) is 20.6 Å². The van der Waals surface area contributed by atoms with Crippen LogP contribution >= 0.6 is 15.9 Å². The third kappa shape index (κ3) is 3.88. The van der Waals surface area contributed by atoms with E-state index in [0.717, 1.165) is 0 Å². The van der Waals surface area contributed by atoms with Crippen LogP contribution in [-0.2, 0) is 11.3 Å². The van der Waals surface area contributed by atoms with E-state index in [1.54, 1.807) is 6.07 Å². The summed E-state index contributed by atoms with van der Waals surface area (Å²) in [5.74, 6) is -0.953. The number of nitrogens with one attached hydrogen (secondary N) is 1. The molecule has 0 radical (unpaired) electrons. The number of rotatable bonds is 5. The maximum Gasteiger partial charge on any atom is 0.309 e. The highest BCUT2D eigenvalue weighted by Gasteiger charge is 2.16. The average Bonchev–Trinajstić information content (AvgIpc) is 2.81. The SMILES string of the molecule is Cc1nn(CCC(=O)Nc2ccc(Br)cc2F)cc1[N+](=O)[O-]. The topological polar surface area (TPSA) is 90.1 Å². The zero-order valence-electron chi connectivity index (χ0n) is 11.5. The van der Waals surface area contributed by atoms with Gasteiger partial charge in [0.05, 0.1) is 10.6 Å². The Balaban J connectivity index is 1.95. The van der Waals surface area contributed by atoms with E-state index in [9.17, 15) is 19.3 Å². The smallest absolute Gasteiger partial charge is 0.309 e. The van der Waals surface area contributed by atoms with E-state index in [4.69, 9.17) is 0 Å². The van der Waals surface area contributed by atoms with E-state index in [0.29, 0.717) is 4.47 Å². The minimum absolute atomic E-state index is 0.0216. The number of benzene rings is 1. The van der Waals surface area contributed by atoms with Crippen LogP contribution in [0.15, 0.2) is 28.9 Å². The van der Waals surface area contributed by atoms with E-state index in [-0.39, 0.29) is 30.0 Å². The fraction of sp³-hybridized carbons (Fsp3) is 0.231. The quantitative estimate of drug-likeness (QED) is 0.646. The number of halogens is 2. The minimum atomic E-state index is -0.548. The Labute approximate surface area is 133 Å². The van der Waals surface area contributed by atoms with Gasteiger partial charge in [-0.3, -0.25) is 19.6 Å². The molecule has 22 heavy (non-hydrogen) atoms. The lowest BCUT2D eigenvalue weighted by molar-refractivity contribution is -0.385. The molecule has 2 rings (SSSR count). The Morgan fingerprint density at radius 2 is 2.27 bits per heavy atom. The fourth-order valence-electron chi connectivity index (χ4n) is 1.82. The van der Waals surface area contributed by atoms with Gasteiger partial charge in [0, 0.05) is 17.4 Å². The monoisotopic (exact) mass is 370 g/mol. The highest BCUT2D eigenvalue weighted by Crippen LogP contribution is 2.19. The van der Waals surface area contributed by atoms with E-state index >= 15 is 0 Å². The molecule has 0 fully saturated rings. The number of hydrogen-bond acceptors (Lipinski definition) is 4. The molecule has 1 heterocycles. The second-order valence-electron chi connectivity index (χ2n) is 4.54. The third-order valence-electron chi connectivity index (χ3n) is 2.89. The van der Waals surface area contributed by atoms with Gasteiger partial charge in [-0.25, -0.2) is 4.39 Å². The summed E-state index contributed by atoms with van der Waals surface area (Å²) in [6.45, 7) is 1.69. The number of nitrogens with zero attached hydrogens (tertiary/aromatic N) is 3. The van der Waals surface area contributed by atoms with Gasteiger partial charge in [-0.1, -0.05) is 15.9 Å². The molecule has 0 unspecified atom stereocenters. The van der Waals surface area contributed by atoms with Crippen LogP contribution in [0.3, 0.4) is 0 Å². The van der Waals surface area contributed by atoms with Crippen molar-refractivity contribution in [3.63, 3.8) is 0 Å². The molecule has 1 amide bonds. The Bertz CT molecular complexity index is 732. The second kappa shape index (κ2) is 6.65. The lowest BCUT2D eigenvalue weighted by Gasteiger charge is -2.06. The van der Waals surface area contributed by atoms with Crippen molar-refractivity contribution in [2.45, 2.75) is 19.9 Å². The molecule has 9 heteroatoms. The maximum atomic E-state index is 13.6. The lowest BCUT2D eigenvalue weighted by atomic mass is 10.3. The highest BCUT2D eigenvalue weighted by molar-refractivity contribution is 9.10. The van der Waals surface area contributed by atoms with Crippen LogP contribution in [0.25, 0.3) is 0 Å². The van der Waals surface area contributed by atoms with Crippen LogP contribution < -0.4 is 5.32 Å². The van der Waals surface area contributed by atoms with Crippen LogP contribution in [0.4, 0.5) is 15.8 Å². The Kier molecular flexibility index (Phi) is 4.86. The largest absolute Gasteiger partial charge is 0.324 e. The number of nitro groups is 1. The van der Waals surface area contributed by atoms with Crippen LogP contribution in [0.2, 0.25) is 0 Å². The summed E-state index contributed by atoms with van der Waals surface area (Å²) in [5.41, 5.74) is 0.263. The maximum absolute atomic E-state index is 13.6. The molecular weight excluding hydrogens is 359 g/mol. The molecule has 0 aliphatic heterocycles. The summed E-state index contributed by atoms with van der Waals surface area (Å²) in [6, 6.07) is 4.30. The van der Waals surface area contributed by atoms with Gasteiger partial charge in [0.25, 0.3) is 0 Å². The van der Waals surface area contributed by atoms with E-state index in [1.165, 1.54) is 29.9 Å². The molecule has 0 bridgehead atoms. The zero-order valence-corrected chi connectivity index (χ0v) is 13.1. The summed E-state index contributed by atoms with van der Waals surface area (Å²) in [7, 11) is 0. The van der Waals surface area contributed by atoms with E-state index in [1.807, 2.05) is 0 Å². The van der Waals surface area contributed by atoms with Crippen molar-refractivity contribution < 1.29 is 14.1 Å². The van der Waals surface area contributed by atoms with Crippen molar-refractivity contribution in [2.24, 2.45) is 0 Å². The van der Waals surface area contributed by atoms with E-state index < -0.39 is 16.6 Å². The van der Waals surface area contributed by atoms with Gasteiger partial charge in [0.2, 0.25) is 5.91 Å². The van der Waals surface area contributed by atoms with Crippen LogP contribution in [0.5, 0.6) is 0 Å². The van der Waals surface area contributed by atoms with E-state index in [2.05, 4.69) is 26.3 Å². The summed E-state index contributed by atoms with van der Waals surface area (Å²) in [5, 5.41) is 17.1. The van der Waals surface area contributed by atoms with Gasteiger partial charge in [0.1, 0.15) is 17.7 Å². The first-order chi connectivity index (χ1) is 10.4. The summed E-state index contributed by atoms with van der Waals surface area (Å²) in [4.78, 5) is 22.0. The van der Waals surface area contributed by atoms with Crippen molar-refractivity contribution in [3.8, 4) is 0 Å². The lowest BCUT2D eigenvalue weighted by Crippen LogP contribution is -2.15. The Morgan fingerprint density at radius 3 is 2.86 bits per heavy atom. The Morgan fingerprint density at radius 1 is 1.55 bits per heavy atom. The summed E-state index contributed by atoms with van der Waals surface area (Å²) < 4.78 is 15.5. The standard InChI is InChI=1S/C13H12BrFN4O3/c1-8-12(19(21)22)7-18(17-8)5-4-13(20)16-11-3-2-9(14)6-10(11)15/h2-3,6-7H,4-5H2,1H3,(H,16,20). The van der Waals surface area contributed by atoms with Crippen molar-refractivity contribution in [2.75, 3.05) is 5.32 Å². The second-order valence-corrected chi connectivity index (χ2v) is 5.46. The third-order valence-corrected chi connectivity index (χ3v) is 3.38. The van der Waals surface area contributed by atoms with Crippen molar-refractivity contribution in [1.29, 1.82) is 0 Å². The number of aromatic nitrogens is 2. The Hall–Kier alpha value is -2.29. The number of anilines is 1. The van der Waals surface area contributed by atoms with Gasteiger partial charge in [-0.2, -0.15) is 5.10 Å². The molecule has 7 nitrogen and oxygen atoms in total. The molecule has 0 aliphatic rings. The molecule has 1 aromatic carbocycles. The van der Waals surface area contributed by atoms with Gasteiger partial charge >= 0.3 is 5.69 Å². The predicted molar refractivity (Wildman–Crippen MR) is 81.0 cm³/mol. The van der Waals surface area contributed by atoms with Crippen LogP contribution in [0, 0.1) is 22.9 Å². The molecule has 0 aliphatic carbocycles. The first kappa shape index (κ1) is 16.1. The normalized spacial score (nSPS) is 10.5. The number of carbonyl (C=O) groups excluding carboxylic acids is 1. The molecule has 0 spiro atoms. The predicted octanol–water partition coefficient (Wildman–Crippen LogP) is 3.03. The average molecular weight is 371 g/mol. The number of carbonyl (C=O) groups is 1. The van der Waals surface area contributed by atoms with Crippen LogP contribution in [0.1, 0.15) is 12.1 Å². The van der Waals surface area contributed by atoms with Crippen molar-refractivity contribution >= 4 is 33.2 Å². The molecule has 0 saturated heterocycles. The molecule has 116 valence electrons. The fourth-order valence-corrected chi connectivity index (χ4v) is 2.15. The van der Waals surface area contributed by atoms with Crippen molar-refractivity contribution in [1.82, 2.24) is 9.78 Å². The van der Waals surface area contributed by atoms with Gasteiger partial charge < -0.3 is 5.32 Å². The first-order valence-electron chi connectivity index (χ1n) is 6.30. The molecule has 1 N–H and O–H groups in total. The molecule has 0 saturated carbocycles. The van der Waals surface area contributed by atoms with Crippen molar-refractivity contribution in [3.05, 3.63) is 50.5 Å². The first-order valence-corrected chi connectivity index (χ1v) is 7.09. The zero-order chi connectivity index (χ0) is 16.3. The van der Waals surface area contributed by atoms with Gasteiger partial charge in [-0.15, -0.1) is 0 Å². The van der Waals surface area contributed by atoms with Gasteiger partial charge in [0.15, 0.2) is 0 Å². The molecule has 1 aromatic heterocycles. The number of aryl methyl sites for hydroxylation is 2.